The zero-order valence-corrected chi connectivity index (χ0v) is 14.3. The van der Waals surface area contributed by atoms with Crippen LogP contribution in [0, 0.1) is 0 Å². The largest absolute Gasteiger partial charge is 0.404 e. The van der Waals surface area contributed by atoms with Crippen LogP contribution in [0.5, 0.6) is 0 Å². The van der Waals surface area contributed by atoms with Gasteiger partial charge in [0.05, 0.1) is 8.07 Å². The zero-order valence-electron chi connectivity index (χ0n) is 12.3. The van der Waals surface area contributed by atoms with Gasteiger partial charge < -0.3 is 9.22 Å². The van der Waals surface area contributed by atoms with E-state index >= 15 is 0 Å². The van der Waals surface area contributed by atoms with Gasteiger partial charge in [0.15, 0.2) is 14.6 Å². The lowest BCUT2D eigenvalue weighted by Gasteiger charge is -2.43. The van der Waals surface area contributed by atoms with Gasteiger partial charge in [-0.05, 0) is 25.2 Å². The number of carbonyl (C=O) groups is 1. The normalized spacial score (nSPS) is 16.1. The van der Waals surface area contributed by atoms with Crippen molar-refractivity contribution in [1.29, 1.82) is 0 Å². The summed E-state index contributed by atoms with van der Waals surface area (Å²) in [6, 6.07) is 9.93. The van der Waals surface area contributed by atoms with Crippen molar-refractivity contribution in [3.05, 3.63) is 35.9 Å². The van der Waals surface area contributed by atoms with Gasteiger partial charge >= 0.3 is 0 Å². The van der Waals surface area contributed by atoms with Crippen LogP contribution in [0.4, 0.5) is 0 Å². The molecule has 0 aromatic heterocycles. The number of benzene rings is 1. The summed E-state index contributed by atoms with van der Waals surface area (Å²) in [5.41, 5.74) is 1.00. The van der Waals surface area contributed by atoms with Crippen molar-refractivity contribution in [1.82, 2.24) is 0 Å². The molecular formula is C14H24O2Si2. The molecular weight excluding hydrogens is 256 g/mol. The van der Waals surface area contributed by atoms with Crippen molar-refractivity contribution in [3.63, 3.8) is 0 Å². The minimum atomic E-state index is -1.84. The number of hydrogen-bond acceptors (Lipinski definition) is 2. The number of hydrogen-bond donors (Lipinski definition) is 0. The predicted octanol–water partition coefficient (Wildman–Crippen LogP) is 3.81. The zero-order chi connectivity index (χ0) is 14.0. The van der Waals surface area contributed by atoms with E-state index in [2.05, 4.69) is 39.3 Å². The van der Waals surface area contributed by atoms with E-state index in [-0.39, 0.29) is 0 Å². The number of rotatable bonds is 5. The topological polar surface area (TPSA) is 26.3 Å². The third-order valence-corrected chi connectivity index (χ3v) is 6.83. The molecule has 0 saturated heterocycles. The van der Waals surface area contributed by atoms with Gasteiger partial charge in [-0.15, -0.1) is 0 Å². The van der Waals surface area contributed by atoms with Gasteiger partial charge in [-0.2, -0.15) is 0 Å². The van der Waals surface area contributed by atoms with Gasteiger partial charge in [-0.3, -0.25) is 0 Å². The Kier molecular flexibility index (Phi) is 4.36. The van der Waals surface area contributed by atoms with E-state index in [1.165, 1.54) is 0 Å². The molecule has 0 radical (unpaired) electrons. The molecule has 0 N–H and O–H groups in total. The van der Waals surface area contributed by atoms with E-state index in [9.17, 15) is 4.79 Å². The molecule has 2 nitrogen and oxygen atoms in total. The minimum absolute atomic E-state index is 0.723. The van der Waals surface area contributed by atoms with E-state index in [4.69, 9.17) is 4.43 Å². The summed E-state index contributed by atoms with van der Waals surface area (Å²) in [5.74, 6) is 0. The maximum absolute atomic E-state index is 11.9. The van der Waals surface area contributed by atoms with E-state index in [0.29, 0.717) is 0 Å². The summed E-state index contributed by atoms with van der Waals surface area (Å²) in [6.07, 6.45) is 1.03. The first-order valence-corrected chi connectivity index (χ1v) is 13.3. The highest BCUT2D eigenvalue weighted by molar-refractivity contribution is 6.82. The van der Waals surface area contributed by atoms with Gasteiger partial charge in [-0.1, -0.05) is 50.0 Å². The average Bonchev–Trinajstić information content (AvgIpc) is 2.24. The van der Waals surface area contributed by atoms with Gasteiger partial charge in [0.1, 0.15) is 5.22 Å². The molecule has 0 heterocycles. The van der Waals surface area contributed by atoms with Crippen LogP contribution in [-0.4, -0.2) is 22.7 Å². The predicted molar refractivity (Wildman–Crippen MR) is 82.0 cm³/mol. The maximum Gasteiger partial charge on any atom is 0.185 e. The van der Waals surface area contributed by atoms with Crippen molar-refractivity contribution in [2.24, 2.45) is 0 Å². The molecule has 0 amide bonds. The fourth-order valence-electron chi connectivity index (χ4n) is 2.08. The molecule has 4 heteroatoms. The summed E-state index contributed by atoms with van der Waals surface area (Å²) in [5, 5.41) is -0.723. The smallest absolute Gasteiger partial charge is 0.185 e. The summed E-state index contributed by atoms with van der Waals surface area (Å²) in [6.45, 7) is 13.0. The molecule has 1 rings (SSSR count). The summed E-state index contributed by atoms with van der Waals surface area (Å²) in [4.78, 5) is 11.9. The molecule has 0 aliphatic carbocycles. The van der Waals surface area contributed by atoms with Crippen molar-refractivity contribution < 1.29 is 9.22 Å². The molecule has 18 heavy (non-hydrogen) atoms. The quantitative estimate of drug-likeness (QED) is 0.605. The van der Waals surface area contributed by atoms with Gasteiger partial charge in [-0.25, -0.2) is 0 Å². The Balaban J connectivity index is 3.38. The molecule has 1 aromatic carbocycles. The highest BCUT2D eigenvalue weighted by Crippen LogP contribution is 2.36. The average molecular weight is 281 g/mol. The summed E-state index contributed by atoms with van der Waals surface area (Å²) < 4.78 is 6.36. The van der Waals surface area contributed by atoms with Crippen LogP contribution in [0.15, 0.2) is 30.3 Å². The first-order valence-electron chi connectivity index (χ1n) is 6.34. The lowest BCUT2D eigenvalue weighted by Crippen LogP contribution is -2.57. The number of carbonyl (C=O) groups excluding carboxylic acids is 1. The second-order valence-corrected chi connectivity index (χ2v) is 16.4. The van der Waals surface area contributed by atoms with Gasteiger partial charge in [0.25, 0.3) is 0 Å². The van der Waals surface area contributed by atoms with E-state index in [1.807, 2.05) is 30.3 Å². The SMILES string of the molecule is C[Si](C)(C)O[C@@](C=O)(c1ccccc1)[Si](C)(C)C. The molecule has 0 bridgehead atoms. The van der Waals surface area contributed by atoms with E-state index in [0.717, 1.165) is 11.8 Å². The monoisotopic (exact) mass is 280 g/mol. The van der Waals surface area contributed by atoms with Crippen LogP contribution in [0.3, 0.4) is 0 Å². The van der Waals surface area contributed by atoms with Gasteiger partial charge in [0.2, 0.25) is 0 Å². The Morgan fingerprint density at radius 1 is 1.00 bits per heavy atom. The lowest BCUT2D eigenvalue weighted by atomic mass is 10.1. The van der Waals surface area contributed by atoms with Crippen molar-refractivity contribution in [2.45, 2.75) is 44.5 Å². The standard InChI is InChI=1S/C14H24O2Si2/c1-17(2,3)14(12-15,16-18(4,5)6)13-10-8-7-9-11-13/h7-12H,1-6H3/t14-/m1/s1. The highest BCUT2D eigenvalue weighted by atomic mass is 28.4. The van der Waals surface area contributed by atoms with Gasteiger partial charge in [0, 0.05) is 0 Å². The highest BCUT2D eigenvalue weighted by Gasteiger charge is 2.48. The fourth-order valence-corrected chi connectivity index (χ4v) is 6.74. The molecule has 0 spiro atoms. The van der Waals surface area contributed by atoms with E-state index in [1.54, 1.807) is 0 Å². The van der Waals surface area contributed by atoms with E-state index < -0.39 is 21.6 Å². The van der Waals surface area contributed by atoms with Crippen molar-refractivity contribution in [2.75, 3.05) is 0 Å². The number of aldehydes is 1. The Hall–Kier alpha value is -0.716. The van der Waals surface area contributed by atoms with Crippen LogP contribution < -0.4 is 0 Å². The molecule has 0 saturated carbocycles. The molecule has 0 aliphatic rings. The van der Waals surface area contributed by atoms with Crippen LogP contribution in [0.2, 0.25) is 39.3 Å². The van der Waals surface area contributed by atoms with Crippen molar-refractivity contribution in [3.8, 4) is 0 Å². The first kappa shape index (κ1) is 15.3. The summed E-state index contributed by atoms with van der Waals surface area (Å²) >= 11 is 0. The minimum Gasteiger partial charge on any atom is -0.404 e. The van der Waals surface area contributed by atoms with Crippen molar-refractivity contribution >= 4 is 22.7 Å². The third kappa shape index (κ3) is 3.19. The van der Waals surface area contributed by atoms with Crippen LogP contribution in [0.25, 0.3) is 0 Å². The molecule has 0 fully saturated rings. The molecule has 100 valence electrons. The molecule has 0 unspecified atom stereocenters. The second kappa shape index (κ2) is 5.11. The molecule has 0 aliphatic heterocycles. The third-order valence-electron chi connectivity index (χ3n) is 2.95. The fraction of sp³-hybridized carbons (Fsp3) is 0.500. The maximum atomic E-state index is 11.9. The molecule has 1 atom stereocenters. The van der Waals surface area contributed by atoms with Crippen LogP contribution in [-0.2, 0) is 14.4 Å². The Morgan fingerprint density at radius 2 is 1.50 bits per heavy atom. The lowest BCUT2D eigenvalue weighted by molar-refractivity contribution is -0.117. The van der Waals surface area contributed by atoms with Crippen LogP contribution >= 0.6 is 0 Å². The molecule has 1 aromatic rings. The Morgan fingerprint density at radius 3 is 1.83 bits per heavy atom. The first-order chi connectivity index (χ1) is 8.12. The Bertz CT molecular complexity index is 404. The second-order valence-electron chi connectivity index (χ2n) is 6.68. The Labute approximate surface area is 113 Å². The summed E-state index contributed by atoms with van der Waals surface area (Å²) in [7, 11) is -3.65. The van der Waals surface area contributed by atoms with Crippen LogP contribution in [0.1, 0.15) is 5.56 Å².